The third-order valence-corrected chi connectivity index (χ3v) is 7.10. The number of rotatable bonds is 23. The summed E-state index contributed by atoms with van der Waals surface area (Å²) in [4.78, 5) is 37.5. The molecule has 7 nitrogen and oxygen atoms in total. The predicted octanol–water partition coefficient (Wildman–Crippen LogP) is 6.65. The molecular formula is C28H52NO6+. The zero-order valence-electron chi connectivity index (χ0n) is 22.7. The average molecular weight is 499 g/mol. The van der Waals surface area contributed by atoms with Crippen LogP contribution in [0.15, 0.2) is 12.2 Å². The van der Waals surface area contributed by atoms with Crippen molar-refractivity contribution in [1.29, 1.82) is 0 Å². The maximum Gasteiger partial charge on any atom is 0.362 e. The van der Waals surface area contributed by atoms with E-state index >= 15 is 0 Å². The molecule has 3 N–H and O–H groups in total. The van der Waals surface area contributed by atoms with Crippen LogP contribution in [0, 0.1) is 0 Å². The number of allylic oxidation sites excluding steroid dienone is 2. The molecule has 0 fully saturated rings. The van der Waals surface area contributed by atoms with E-state index in [-0.39, 0.29) is 30.3 Å². The molecule has 7 heteroatoms. The fourth-order valence-corrected chi connectivity index (χ4v) is 5.46. The van der Waals surface area contributed by atoms with Crippen LogP contribution in [0.5, 0.6) is 0 Å². The van der Waals surface area contributed by atoms with Gasteiger partial charge < -0.3 is 15.3 Å². The Bertz CT molecular complexity index is 573. The molecule has 0 amide bonds. The summed E-state index contributed by atoms with van der Waals surface area (Å²) < 4.78 is -0.376. The van der Waals surface area contributed by atoms with E-state index in [2.05, 4.69) is 19.1 Å². The summed E-state index contributed by atoms with van der Waals surface area (Å²) in [5.41, 5.74) is 0. The second-order valence-electron chi connectivity index (χ2n) is 9.79. The van der Waals surface area contributed by atoms with Crippen LogP contribution in [0.4, 0.5) is 0 Å². The van der Waals surface area contributed by atoms with Gasteiger partial charge in [0.1, 0.15) is 0 Å². The molecule has 0 aromatic heterocycles. The number of carbonyl (C=O) groups is 3. The zero-order chi connectivity index (χ0) is 26.7. The summed E-state index contributed by atoms with van der Waals surface area (Å²) in [5.74, 6) is -3.27. The minimum Gasteiger partial charge on any atom is -0.477 e. The first-order chi connectivity index (χ1) is 16.7. The highest BCUT2D eigenvalue weighted by atomic mass is 16.4. The fourth-order valence-electron chi connectivity index (χ4n) is 5.46. The van der Waals surface area contributed by atoms with Crippen molar-refractivity contribution in [3.8, 4) is 0 Å². The maximum absolute atomic E-state index is 12.5. The average Bonchev–Trinajstić information content (AvgIpc) is 2.81. The Labute approximate surface area is 213 Å². The Kier molecular flexibility index (Phi) is 18.3. The molecule has 204 valence electrons. The first kappa shape index (κ1) is 33.1. The number of carboxylic acids is 3. The third kappa shape index (κ3) is 11.1. The van der Waals surface area contributed by atoms with Gasteiger partial charge in [0.05, 0.1) is 6.54 Å². The van der Waals surface area contributed by atoms with Gasteiger partial charge in [-0.05, 0) is 51.4 Å². The van der Waals surface area contributed by atoms with Crippen molar-refractivity contribution < 1.29 is 34.2 Å². The quantitative estimate of drug-likeness (QED) is 0.0826. The molecule has 0 aromatic carbocycles. The van der Waals surface area contributed by atoms with Crippen molar-refractivity contribution in [1.82, 2.24) is 0 Å². The monoisotopic (exact) mass is 498 g/mol. The molecule has 0 aliphatic heterocycles. The normalized spacial score (nSPS) is 16.0. The van der Waals surface area contributed by atoms with E-state index in [1.165, 1.54) is 12.8 Å². The Morgan fingerprint density at radius 2 is 0.971 bits per heavy atom. The van der Waals surface area contributed by atoms with E-state index in [0.29, 0.717) is 25.7 Å². The zero-order valence-corrected chi connectivity index (χ0v) is 22.7. The number of carboxylic acid groups (broad SMARTS) is 3. The Hall–Kier alpha value is -1.89. The van der Waals surface area contributed by atoms with Gasteiger partial charge in [-0.2, -0.15) is 0 Å². The maximum atomic E-state index is 12.5. The summed E-state index contributed by atoms with van der Waals surface area (Å²) in [6.45, 7) is 8.01. The molecule has 0 aliphatic rings. The predicted molar refractivity (Wildman–Crippen MR) is 140 cm³/mol. The highest BCUT2D eigenvalue weighted by molar-refractivity contribution is 5.78. The van der Waals surface area contributed by atoms with Gasteiger partial charge in [0.15, 0.2) is 18.1 Å². The van der Waals surface area contributed by atoms with Gasteiger partial charge in [-0.25, -0.2) is 14.4 Å². The molecule has 0 aliphatic carbocycles. The molecule has 0 bridgehead atoms. The van der Waals surface area contributed by atoms with E-state index in [1.807, 2.05) is 20.8 Å². The van der Waals surface area contributed by atoms with E-state index in [4.69, 9.17) is 0 Å². The summed E-state index contributed by atoms with van der Waals surface area (Å²) >= 11 is 0. The van der Waals surface area contributed by atoms with Crippen LogP contribution in [-0.2, 0) is 14.4 Å². The highest BCUT2D eigenvalue weighted by Crippen LogP contribution is 2.34. The number of unbranched alkanes of at least 4 members (excludes halogenated alkanes) is 7. The highest BCUT2D eigenvalue weighted by Gasteiger charge is 2.56. The number of hydrogen-bond donors (Lipinski definition) is 3. The first-order valence-electron chi connectivity index (χ1n) is 13.9. The van der Waals surface area contributed by atoms with E-state index in [1.54, 1.807) is 0 Å². The molecule has 3 atom stereocenters. The number of nitrogens with zero attached hydrogens (tertiary/aromatic N) is 1. The largest absolute Gasteiger partial charge is 0.477 e. The first-order valence-corrected chi connectivity index (χ1v) is 13.9. The van der Waals surface area contributed by atoms with Gasteiger partial charge in [0.2, 0.25) is 0 Å². The van der Waals surface area contributed by atoms with Crippen molar-refractivity contribution in [3.05, 3.63) is 12.2 Å². The minimum atomic E-state index is -1.09. The summed E-state index contributed by atoms with van der Waals surface area (Å²) in [5, 5.41) is 30.6. The molecular weight excluding hydrogens is 446 g/mol. The van der Waals surface area contributed by atoms with Crippen molar-refractivity contribution in [2.45, 2.75) is 142 Å². The second-order valence-corrected chi connectivity index (χ2v) is 9.79. The van der Waals surface area contributed by atoms with Gasteiger partial charge in [-0.15, -0.1) is 0 Å². The topological polar surface area (TPSA) is 112 Å². The SMILES string of the molecule is CC/C=C/CCCCCCCCC[N+](C(CCC)C(=O)O)(C(CCC)C(=O)O)C(CCC)C(=O)O. The molecule has 0 aromatic rings. The van der Waals surface area contributed by atoms with Crippen LogP contribution in [0.2, 0.25) is 0 Å². The standard InChI is InChI=1S/C28H51NO6/c1-5-9-10-11-12-13-14-15-16-17-18-22-29(23(19-6-2)26(30)31,24(20-7-3)27(32)33)25(21-8-4)28(34)35/h9-10,23-25H,5-8,11-22H2,1-4H3,(H2-,30,31,32,33,34,35)/p+1/b10-9+. The van der Waals surface area contributed by atoms with Gasteiger partial charge in [0.25, 0.3) is 0 Å². The van der Waals surface area contributed by atoms with Gasteiger partial charge in [-0.1, -0.05) is 65.5 Å². The summed E-state index contributed by atoms with van der Waals surface area (Å²) in [6.07, 6.45) is 16.2. The van der Waals surface area contributed by atoms with Gasteiger partial charge >= 0.3 is 17.9 Å². The Morgan fingerprint density at radius 1 is 0.600 bits per heavy atom. The van der Waals surface area contributed by atoms with Crippen LogP contribution in [-0.4, -0.2) is 62.4 Å². The molecule has 0 radical (unpaired) electrons. The lowest BCUT2D eigenvalue weighted by Gasteiger charge is -2.50. The fraction of sp³-hybridized carbons (Fsp3) is 0.821. The van der Waals surface area contributed by atoms with Crippen LogP contribution < -0.4 is 0 Å². The molecule has 0 saturated carbocycles. The molecule has 0 saturated heterocycles. The van der Waals surface area contributed by atoms with E-state index in [0.717, 1.165) is 38.5 Å². The van der Waals surface area contributed by atoms with Crippen molar-refractivity contribution in [3.63, 3.8) is 0 Å². The van der Waals surface area contributed by atoms with Crippen LogP contribution >= 0.6 is 0 Å². The second kappa shape index (κ2) is 19.3. The summed E-state index contributed by atoms with van der Waals surface area (Å²) in [6, 6.07) is -3.13. The van der Waals surface area contributed by atoms with Crippen molar-refractivity contribution in [2.75, 3.05) is 6.54 Å². The minimum absolute atomic E-state index is 0.267. The van der Waals surface area contributed by atoms with Gasteiger partial charge in [0, 0.05) is 19.3 Å². The molecule has 0 heterocycles. The lowest BCUT2D eigenvalue weighted by atomic mass is 9.91. The van der Waals surface area contributed by atoms with Crippen molar-refractivity contribution in [2.24, 2.45) is 0 Å². The number of aliphatic carboxylic acids is 3. The van der Waals surface area contributed by atoms with E-state index in [9.17, 15) is 29.7 Å². The van der Waals surface area contributed by atoms with Crippen LogP contribution in [0.1, 0.15) is 124 Å². The molecule has 0 rings (SSSR count). The number of quaternary nitrogens is 1. The van der Waals surface area contributed by atoms with Crippen LogP contribution in [0.3, 0.4) is 0 Å². The lowest BCUT2D eigenvalue weighted by Crippen LogP contribution is -2.72. The van der Waals surface area contributed by atoms with Crippen molar-refractivity contribution >= 4 is 17.9 Å². The molecule has 3 unspecified atom stereocenters. The smallest absolute Gasteiger partial charge is 0.362 e. The van der Waals surface area contributed by atoms with Gasteiger partial charge in [-0.3, -0.25) is 4.48 Å². The Balaban J connectivity index is 5.71. The van der Waals surface area contributed by atoms with E-state index < -0.39 is 36.0 Å². The lowest BCUT2D eigenvalue weighted by molar-refractivity contribution is -0.973. The third-order valence-electron chi connectivity index (χ3n) is 7.10. The molecule has 0 spiro atoms. The Morgan fingerprint density at radius 3 is 1.31 bits per heavy atom. The van der Waals surface area contributed by atoms with Crippen LogP contribution in [0.25, 0.3) is 0 Å². The molecule has 35 heavy (non-hydrogen) atoms. The summed E-state index contributed by atoms with van der Waals surface area (Å²) in [7, 11) is 0. The number of hydrogen-bond acceptors (Lipinski definition) is 3.